The summed E-state index contributed by atoms with van der Waals surface area (Å²) in [5.41, 5.74) is 0. The predicted molar refractivity (Wildman–Crippen MR) is 38.6 cm³/mol. The molecule has 0 aliphatic carbocycles. The normalized spacial score (nSPS) is 12.1. The van der Waals surface area contributed by atoms with Crippen LogP contribution in [0.3, 0.4) is 0 Å². The molecule has 0 aromatic heterocycles. The summed E-state index contributed by atoms with van der Waals surface area (Å²) in [6.07, 6.45) is -4.80. The van der Waals surface area contributed by atoms with Gasteiger partial charge in [-0.1, -0.05) is 0 Å². The average Bonchev–Trinajstić information content (AvgIpc) is 2.07. The second-order valence-corrected chi connectivity index (χ2v) is 2.84. The molecule has 4 nitrogen and oxygen atoms in total. The third-order valence-corrected chi connectivity index (χ3v) is 0.990. The lowest BCUT2D eigenvalue weighted by Crippen LogP contribution is -2.29. The molecular weight excluding hydrogens is 243 g/mol. The Labute approximate surface area is 86.3 Å². The van der Waals surface area contributed by atoms with Crippen molar-refractivity contribution >= 4 is 11.9 Å². The number of halogens is 5. The monoisotopic (exact) mass is 250 g/mol. The van der Waals surface area contributed by atoms with Gasteiger partial charge >= 0.3 is 18.1 Å². The van der Waals surface area contributed by atoms with Crippen LogP contribution in [0.5, 0.6) is 0 Å². The van der Waals surface area contributed by atoms with E-state index >= 15 is 0 Å². The zero-order valence-corrected chi connectivity index (χ0v) is 7.94. The Bertz CT molecular complexity index is 239. The Balaban J connectivity index is 3.97. The van der Waals surface area contributed by atoms with E-state index in [9.17, 15) is 31.5 Å². The van der Waals surface area contributed by atoms with E-state index in [4.69, 9.17) is 0 Å². The summed E-state index contributed by atoms with van der Waals surface area (Å²) in [5, 5.41) is 0. The van der Waals surface area contributed by atoms with Crippen molar-refractivity contribution < 1.29 is 41.0 Å². The first-order valence-electron chi connectivity index (χ1n) is 3.80. The van der Waals surface area contributed by atoms with E-state index < -0.39 is 37.3 Å². The number of carbonyl (C=O) groups excluding carboxylic acids is 2. The Morgan fingerprint density at radius 2 is 1.31 bits per heavy atom. The van der Waals surface area contributed by atoms with Crippen LogP contribution in [-0.4, -0.2) is 37.3 Å². The zero-order chi connectivity index (χ0) is 13.0. The molecule has 0 radical (unpaired) electrons. The first-order valence-corrected chi connectivity index (χ1v) is 3.80. The minimum absolute atomic E-state index is 0.404. The van der Waals surface area contributed by atoms with Crippen molar-refractivity contribution in [1.29, 1.82) is 0 Å². The van der Waals surface area contributed by atoms with Crippen LogP contribution in [-0.2, 0) is 19.1 Å². The largest absolute Gasteiger partial charge is 0.451 e. The molecule has 16 heavy (non-hydrogen) atoms. The van der Waals surface area contributed by atoms with Crippen molar-refractivity contribution in [2.75, 3.05) is 13.2 Å². The minimum Gasteiger partial charge on any atom is -0.451 e. The van der Waals surface area contributed by atoms with Gasteiger partial charge < -0.3 is 9.47 Å². The van der Waals surface area contributed by atoms with E-state index in [1.54, 1.807) is 0 Å². The second-order valence-electron chi connectivity index (χ2n) is 2.84. The van der Waals surface area contributed by atoms with Crippen molar-refractivity contribution in [3.8, 4) is 0 Å². The fraction of sp³-hybridized carbons (Fsp3) is 0.714. The highest BCUT2D eigenvalue weighted by molar-refractivity contribution is 6.29. The molecule has 0 unspecified atom stereocenters. The summed E-state index contributed by atoms with van der Waals surface area (Å²) in [4.78, 5) is 21.0. The molecule has 94 valence electrons. The van der Waals surface area contributed by atoms with Crippen molar-refractivity contribution in [2.24, 2.45) is 0 Å². The molecule has 0 aromatic carbocycles. The Kier molecular flexibility index (Phi) is 4.63. The van der Waals surface area contributed by atoms with Gasteiger partial charge in [-0.05, 0) is 0 Å². The Hall–Kier alpha value is -1.41. The first-order chi connectivity index (χ1) is 7.01. The van der Waals surface area contributed by atoms with E-state index in [1.807, 2.05) is 0 Å². The Morgan fingerprint density at radius 1 is 0.938 bits per heavy atom. The van der Waals surface area contributed by atoms with Crippen molar-refractivity contribution in [3.05, 3.63) is 0 Å². The van der Waals surface area contributed by atoms with Gasteiger partial charge in [0.2, 0.25) is 0 Å². The lowest BCUT2D eigenvalue weighted by Gasteiger charge is -2.10. The molecule has 0 aliphatic heterocycles. The van der Waals surface area contributed by atoms with E-state index in [-0.39, 0.29) is 0 Å². The molecule has 0 fully saturated rings. The maximum Gasteiger partial charge on any atom is 0.422 e. The van der Waals surface area contributed by atoms with Gasteiger partial charge in [-0.25, -0.2) is 18.4 Å². The maximum atomic E-state index is 12.1. The van der Waals surface area contributed by atoms with Gasteiger partial charge in [-0.2, -0.15) is 13.2 Å². The van der Waals surface area contributed by atoms with Crippen LogP contribution in [0, 0.1) is 0 Å². The van der Waals surface area contributed by atoms with Crippen molar-refractivity contribution in [3.63, 3.8) is 0 Å². The summed E-state index contributed by atoms with van der Waals surface area (Å²) < 4.78 is 65.9. The molecule has 0 heterocycles. The summed E-state index contributed by atoms with van der Waals surface area (Å²) in [6, 6.07) is 0. The summed E-state index contributed by atoms with van der Waals surface area (Å²) in [7, 11) is 0. The maximum absolute atomic E-state index is 12.1. The molecule has 0 saturated heterocycles. The average molecular weight is 250 g/mol. The molecular formula is C7H7F5O4. The smallest absolute Gasteiger partial charge is 0.422 e. The third-order valence-electron chi connectivity index (χ3n) is 0.990. The zero-order valence-electron chi connectivity index (χ0n) is 7.94. The molecule has 0 bridgehead atoms. The molecule has 9 heteroatoms. The van der Waals surface area contributed by atoms with E-state index in [2.05, 4.69) is 9.47 Å². The van der Waals surface area contributed by atoms with E-state index in [0.717, 1.165) is 0 Å². The molecule has 0 amide bonds. The number of carbonyl (C=O) groups is 2. The van der Waals surface area contributed by atoms with E-state index in [0.29, 0.717) is 6.92 Å². The van der Waals surface area contributed by atoms with Crippen LogP contribution in [0.4, 0.5) is 22.0 Å². The third kappa shape index (κ3) is 7.94. The first kappa shape index (κ1) is 14.6. The second kappa shape index (κ2) is 5.08. The fourth-order valence-corrected chi connectivity index (χ4v) is 0.458. The summed E-state index contributed by atoms with van der Waals surface area (Å²) in [5.74, 6) is -7.24. The van der Waals surface area contributed by atoms with Crippen LogP contribution in [0.15, 0.2) is 0 Å². The molecule has 0 atom stereocenters. The lowest BCUT2D eigenvalue weighted by molar-refractivity contribution is -0.194. The molecule has 0 N–H and O–H groups in total. The predicted octanol–water partition coefficient (Wildman–Crippen LogP) is 1.29. The van der Waals surface area contributed by atoms with Gasteiger partial charge in [0, 0.05) is 6.92 Å². The Morgan fingerprint density at radius 3 is 1.62 bits per heavy atom. The van der Waals surface area contributed by atoms with Gasteiger partial charge in [0.25, 0.3) is 5.92 Å². The number of rotatable bonds is 3. The number of esters is 2. The minimum atomic E-state index is -4.80. The van der Waals surface area contributed by atoms with Crippen LogP contribution < -0.4 is 0 Å². The summed E-state index contributed by atoms with van der Waals surface area (Å²) >= 11 is 0. The van der Waals surface area contributed by atoms with Gasteiger partial charge in [0.05, 0.1) is 0 Å². The van der Waals surface area contributed by atoms with Crippen LogP contribution in [0.25, 0.3) is 0 Å². The highest BCUT2D eigenvalue weighted by Crippen LogP contribution is 2.15. The van der Waals surface area contributed by atoms with Crippen molar-refractivity contribution in [1.82, 2.24) is 0 Å². The van der Waals surface area contributed by atoms with Gasteiger partial charge in [-0.3, -0.25) is 0 Å². The molecule has 0 aliphatic rings. The van der Waals surface area contributed by atoms with Gasteiger partial charge in [0.1, 0.15) is 0 Å². The number of alkyl halides is 5. The lowest BCUT2D eigenvalue weighted by atomic mass is 10.4. The number of hydrogen-bond acceptors (Lipinski definition) is 4. The SMILES string of the molecule is CC(F)(F)COC(=O)C(=O)OCC(F)(F)F. The standard InChI is InChI=1S/C7H7F5O4/c1-6(8,9)2-15-4(13)5(14)16-3-7(10,11)12/h2-3H2,1H3. The van der Waals surface area contributed by atoms with Crippen LogP contribution in [0.2, 0.25) is 0 Å². The van der Waals surface area contributed by atoms with E-state index in [1.165, 1.54) is 0 Å². The molecule has 0 spiro atoms. The topological polar surface area (TPSA) is 52.6 Å². The molecule has 0 rings (SSSR count). The quantitative estimate of drug-likeness (QED) is 0.430. The number of hydrogen-bond donors (Lipinski definition) is 0. The van der Waals surface area contributed by atoms with Crippen molar-refractivity contribution in [2.45, 2.75) is 19.0 Å². The highest BCUT2D eigenvalue weighted by atomic mass is 19.4. The molecule has 0 aromatic rings. The summed E-state index contributed by atoms with van der Waals surface area (Å²) in [6.45, 7) is -2.99. The van der Waals surface area contributed by atoms with Gasteiger partial charge in [0.15, 0.2) is 13.2 Å². The molecule has 0 saturated carbocycles. The highest BCUT2D eigenvalue weighted by Gasteiger charge is 2.32. The van der Waals surface area contributed by atoms with Crippen LogP contribution in [0.1, 0.15) is 6.92 Å². The number of ether oxygens (including phenoxy) is 2. The fourth-order valence-electron chi connectivity index (χ4n) is 0.458. The van der Waals surface area contributed by atoms with Crippen LogP contribution >= 0.6 is 0 Å². The van der Waals surface area contributed by atoms with Gasteiger partial charge in [-0.15, -0.1) is 0 Å².